The number of aliphatic carboxylic acids is 2. The lowest BCUT2D eigenvalue weighted by Gasteiger charge is -2.50. The van der Waals surface area contributed by atoms with Gasteiger partial charge in [-0.2, -0.15) is 0 Å². The molecule has 0 spiro atoms. The molecule has 27 heavy (non-hydrogen) atoms. The van der Waals surface area contributed by atoms with Crippen molar-refractivity contribution < 1.29 is 19.8 Å². The van der Waals surface area contributed by atoms with E-state index in [9.17, 15) is 19.8 Å². The standard InChI is InChI=1S/C23H40O4/c1-5-19(4)23(21(26)27)17-13-12-16-22(23,20(24)25)15-11-9-7-6-8-10-14-18(2)3/h12-13,18-19H,5-11,14-17H2,1-4H3,(H,24,25)(H,26,27). The summed E-state index contributed by atoms with van der Waals surface area (Å²) in [4.78, 5) is 24.7. The van der Waals surface area contributed by atoms with E-state index in [4.69, 9.17) is 0 Å². The molecular weight excluding hydrogens is 340 g/mol. The first-order valence-corrected chi connectivity index (χ1v) is 10.9. The highest BCUT2D eigenvalue weighted by molar-refractivity contribution is 5.87. The minimum Gasteiger partial charge on any atom is -0.481 e. The fourth-order valence-corrected chi connectivity index (χ4v) is 4.85. The third kappa shape index (κ3) is 5.36. The monoisotopic (exact) mass is 380 g/mol. The Hall–Kier alpha value is -1.32. The number of rotatable bonds is 13. The highest BCUT2D eigenvalue weighted by Gasteiger charge is 2.62. The summed E-state index contributed by atoms with van der Waals surface area (Å²) in [5.74, 6) is -1.31. The van der Waals surface area contributed by atoms with Crippen molar-refractivity contribution in [3.05, 3.63) is 12.2 Å². The normalized spacial score (nSPS) is 26.3. The minimum absolute atomic E-state index is 0.174. The third-order valence-corrected chi connectivity index (χ3v) is 6.81. The van der Waals surface area contributed by atoms with Gasteiger partial charge in [0.2, 0.25) is 0 Å². The van der Waals surface area contributed by atoms with Gasteiger partial charge in [-0.1, -0.05) is 91.2 Å². The molecule has 0 aromatic heterocycles. The maximum absolute atomic E-state index is 12.4. The molecule has 0 bridgehead atoms. The van der Waals surface area contributed by atoms with E-state index in [1.807, 2.05) is 26.0 Å². The number of unbranched alkanes of at least 4 members (excludes halogenated alkanes) is 5. The van der Waals surface area contributed by atoms with E-state index in [1.54, 1.807) is 0 Å². The van der Waals surface area contributed by atoms with Crippen LogP contribution in [0, 0.1) is 22.7 Å². The zero-order valence-electron chi connectivity index (χ0n) is 17.8. The SMILES string of the molecule is CCC(C)C1(C(=O)O)CC=CCC1(CCCCCCCCC(C)C)C(=O)O. The molecule has 0 fully saturated rings. The highest BCUT2D eigenvalue weighted by Crippen LogP contribution is 2.57. The Labute approximate surface area is 165 Å². The molecule has 156 valence electrons. The molecule has 4 heteroatoms. The fourth-order valence-electron chi connectivity index (χ4n) is 4.85. The van der Waals surface area contributed by atoms with Crippen LogP contribution < -0.4 is 0 Å². The van der Waals surface area contributed by atoms with E-state index in [0.29, 0.717) is 25.7 Å². The van der Waals surface area contributed by atoms with Gasteiger partial charge in [-0.3, -0.25) is 9.59 Å². The molecular formula is C23H40O4. The Kier molecular flexibility index (Phi) is 9.55. The predicted octanol–water partition coefficient (Wildman–Crippen LogP) is 6.30. The summed E-state index contributed by atoms with van der Waals surface area (Å²) in [6.45, 7) is 8.35. The van der Waals surface area contributed by atoms with Crippen molar-refractivity contribution in [3.8, 4) is 0 Å². The second-order valence-corrected chi connectivity index (χ2v) is 8.91. The Bertz CT molecular complexity index is 511. The van der Waals surface area contributed by atoms with Gasteiger partial charge in [0, 0.05) is 0 Å². The van der Waals surface area contributed by atoms with Gasteiger partial charge >= 0.3 is 11.9 Å². The van der Waals surface area contributed by atoms with E-state index in [2.05, 4.69) is 13.8 Å². The van der Waals surface area contributed by atoms with Crippen LogP contribution in [-0.2, 0) is 9.59 Å². The molecule has 0 saturated carbocycles. The zero-order chi connectivity index (χ0) is 20.5. The van der Waals surface area contributed by atoms with Crippen molar-refractivity contribution in [1.82, 2.24) is 0 Å². The number of hydrogen-bond acceptors (Lipinski definition) is 2. The van der Waals surface area contributed by atoms with Crippen molar-refractivity contribution in [2.75, 3.05) is 0 Å². The molecule has 1 aliphatic carbocycles. The van der Waals surface area contributed by atoms with Crippen molar-refractivity contribution in [3.63, 3.8) is 0 Å². The lowest BCUT2D eigenvalue weighted by Crippen LogP contribution is -2.56. The average Bonchev–Trinajstić information content (AvgIpc) is 2.62. The van der Waals surface area contributed by atoms with Gasteiger partial charge in [0.05, 0.1) is 10.8 Å². The van der Waals surface area contributed by atoms with Gasteiger partial charge in [-0.05, 0) is 31.1 Å². The molecule has 2 N–H and O–H groups in total. The second kappa shape index (κ2) is 10.9. The maximum atomic E-state index is 12.4. The first-order chi connectivity index (χ1) is 12.7. The molecule has 3 atom stereocenters. The number of carboxylic acid groups (broad SMARTS) is 2. The predicted molar refractivity (Wildman–Crippen MR) is 110 cm³/mol. The lowest BCUT2D eigenvalue weighted by atomic mass is 9.50. The van der Waals surface area contributed by atoms with E-state index >= 15 is 0 Å². The van der Waals surface area contributed by atoms with Crippen LogP contribution in [-0.4, -0.2) is 22.2 Å². The quantitative estimate of drug-likeness (QED) is 0.290. The summed E-state index contributed by atoms with van der Waals surface area (Å²) in [7, 11) is 0. The summed E-state index contributed by atoms with van der Waals surface area (Å²) in [6.07, 6.45) is 13.3. The van der Waals surface area contributed by atoms with Gasteiger partial charge in [0.15, 0.2) is 0 Å². The molecule has 0 amide bonds. The van der Waals surface area contributed by atoms with E-state index in [-0.39, 0.29) is 5.92 Å². The first kappa shape index (κ1) is 23.7. The van der Waals surface area contributed by atoms with E-state index in [1.165, 1.54) is 25.7 Å². The average molecular weight is 381 g/mol. The molecule has 1 aliphatic rings. The Morgan fingerprint density at radius 2 is 1.44 bits per heavy atom. The Balaban J connectivity index is 2.77. The van der Waals surface area contributed by atoms with Crippen molar-refractivity contribution in [2.24, 2.45) is 22.7 Å². The topological polar surface area (TPSA) is 74.6 Å². The summed E-state index contributed by atoms with van der Waals surface area (Å²) in [6, 6.07) is 0. The summed E-state index contributed by atoms with van der Waals surface area (Å²) in [5, 5.41) is 20.3. The first-order valence-electron chi connectivity index (χ1n) is 10.9. The summed E-state index contributed by atoms with van der Waals surface area (Å²) < 4.78 is 0. The van der Waals surface area contributed by atoms with E-state index < -0.39 is 22.8 Å². The molecule has 4 nitrogen and oxygen atoms in total. The molecule has 0 aromatic rings. The fraction of sp³-hybridized carbons (Fsp3) is 0.826. The molecule has 1 rings (SSSR count). The number of hydrogen-bond donors (Lipinski definition) is 2. The Morgan fingerprint density at radius 3 is 1.96 bits per heavy atom. The summed E-state index contributed by atoms with van der Waals surface area (Å²) in [5.41, 5.74) is -2.40. The highest BCUT2D eigenvalue weighted by atomic mass is 16.4. The largest absolute Gasteiger partial charge is 0.481 e. The second-order valence-electron chi connectivity index (χ2n) is 8.91. The molecule has 0 saturated heterocycles. The van der Waals surface area contributed by atoms with Crippen LogP contribution in [0.2, 0.25) is 0 Å². The Morgan fingerprint density at radius 1 is 0.889 bits per heavy atom. The third-order valence-electron chi connectivity index (χ3n) is 6.81. The zero-order valence-corrected chi connectivity index (χ0v) is 17.8. The minimum atomic E-state index is -1.21. The van der Waals surface area contributed by atoms with Crippen LogP contribution in [0.3, 0.4) is 0 Å². The lowest BCUT2D eigenvalue weighted by molar-refractivity contribution is -0.182. The number of carbonyl (C=O) groups is 2. The maximum Gasteiger partial charge on any atom is 0.311 e. The number of carboxylic acids is 2. The van der Waals surface area contributed by atoms with Crippen molar-refractivity contribution >= 4 is 11.9 Å². The molecule has 0 aliphatic heterocycles. The molecule has 0 aromatic carbocycles. The van der Waals surface area contributed by atoms with Crippen molar-refractivity contribution in [2.45, 2.75) is 98.3 Å². The van der Waals surface area contributed by atoms with Crippen LogP contribution in [0.15, 0.2) is 12.2 Å². The van der Waals surface area contributed by atoms with Crippen LogP contribution in [0.25, 0.3) is 0 Å². The van der Waals surface area contributed by atoms with Crippen LogP contribution >= 0.6 is 0 Å². The van der Waals surface area contributed by atoms with Crippen LogP contribution in [0.4, 0.5) is 0 Å². The molecule has 3 unspecified atom stereocenters. The molecule has 0 radical (unpaired) electrons. The van der Waals surface area contributed by atoms with Gasteiger partial charge in [0.25, 0.3) is 0 Å². The van der Waals surface area contributed by atoms with Crippen LogP contribution in [0.1, 0.15) is 98.3 Å². The van der Waals surface area contributed by atoms with E-state index in [0.717, 1.165) is 25.2 Å². The van der Waals surface area contributed by atoms with Crippen molar-refractivity contribution in [1.29, 1.82) is 0 Å². The van der Waals surface area contributed by atoms with Gasteiger partial charge in [-0.15, -0.1) is 0 Å². The smallest absolute Gasteiger partial charge is 0.311 e. The molecule has 0 heterocycles. The number of allylic oxidation sites excluding steroid dienone is 2. The van der Waals surface area contributed by atoms with Crippen LogP contribution in [0.5, 0.6) is 0 Å². The summed E-state index contributed by atoms with van der Waals surface area (Å²) >= 11 is 0. The van der Waals surface area contributed by atoms with Gasteiger partial charge < -0.3 is 10.2 Å². The van der Waals surface area contributed by atoms with Gasteiger partial charge in [0.1, 0.15) is 0 Å². The van der Waals surface area contributed by atoms with Gasteiger partial charge in [-0.25, -0.2) is 0 Å².